The molecule has 2 N–H and O–H groups in total. The summed E-state index contributed by atoms with van der Waals surface area (Å²) in [5.74, 6) is 0.592. The van der Waals surface area contributed by atoms with Crippen molar-refractivity contribution in [1.29, 1.82) is 0 Å². The fraction of sp³-hybridized carbons (Fsp3) is 0.562. The zero-order valence-electron chi connectivity index (χ0n) is 12.7. The molecule has 0 aliphatic carbocycles. The van der Waals surface area contributed by atoms with Crippen LogP contribution in [-0.2, 0) is 4.79 Å². The standard InChI is InChI=1S/C16H25N3O/c1-12-6-7-14(10-15(12)19(2)3)18-16(20)9-13-5-4-8-17-11-13/h6-7,10,13,17H,4-5,8-9,11H2,1-3H3,(H,18,20). The van der Waals surface area contributed by atoms with E-state index in [9.17, 15) is 4.79 Å². The third-order valence-electron chi connectivity index (χ3n) is 3.85. The number of benzene rings is 1. The average Bonchev–Trinajstić information content (AvgIpc) is 2.41. The molecule has 0 saturated carbocycles. The fourth-order valence-electron chi connectivity index (χ4n) is 2.74. The van der Waals surface area contributed by atoms with Gasteiger partial charge in [0.1, 0.15) is 0 Å². The molecule has 4 nitrogen and oxygen atoms in total. The van der Waals surface area contributed by atoms with E-state index in [4.69, 9.17) is 0 Å². The maximum atomic E-state index is 12.1. The Morgan fingerprint density at radius 3 is 2.90 bits per heavy atom. The number of carbonyl (C=O) groups excluding carboxylic acids is 1. The summed E-state index contributed by atoms with van der Waals surface area (Å²) < 4.78 is 0. The maximum absolute atomic E-state index is 12.1. The van der Waals surface area contributed by atoms with Gasteiger partial charge in [-0.1, -0.05) is 6.07 Å². The first-order valence-corrected chi connectivity index (χ1v) is 7.35. The fourth-order valence-corrected chi connectivity index (χ4v) is 2.74. The number of carbonyl (C=O) groups is 1. The number of nitrogens with zero attached hydrogens (tertiary/aromatic N) is 1. The smallest absolute Gasteiger partial charge is 0.224 e. The van der Waals surface area contributed by atoms with E-state index < -0.39 is 0 Å². The van der Waals surface area contributed by atoms with Gasteiger partial charge >= 0.3 is 0 Å². The van der Waals surface area contributed by atoms with Gasteiger partial charge in [-0.25, -0.2) is 0 Å². The lowest BCUT2D eigenvalue weighted by molar-refractivity contribution is -0.117. The SMILES string of the molecule is Cc1ccc(NC(=O)CC2CCCNC2)cc1N(C)C. The van der Waals surface area contributed by atoms with Crippen molar-refractivity contribution in [2.24, 2.45) is 5.92 Å². The number of piperidine rings is 1. The molecule has 1 aliphatic rings. The Morgan fingerprint density at radius 1 is 1.45 bits per heavy atom. The highest BCUT2D eigenvalue weighted by Gasteiger charge is 2.17. The lowest BCUT2D eigenvalue weighted by atomic mass is 9.96. The van der Waals surface area contributed by atoms with Gasteiger partial charge in [0.25, 0.3) is 0 Å². The van der Waals surface area contributed by atoms with E-state index in [1.807, 2.05) is 32.3 Å². The first kappa shape index (κ1) is 14.9. The van der Waals surface area contributed by atoms with Crippen LogP contribution in [0.25, 0.3) is 0 Å². The van der Waals surface area contributed by atoms with Gasteiger partial charge in [-0.05, 0) is 56.5 Å². The van der Waals surface area contributed by atoms with Gasteiger partial charge in [-0.3, -0.25) is 4.79 Å². The molecule has 2 rings (SSSR count). The van der Waals surface area contributed by atoms with Crippen molar-refractivity contribution in [3.05, 3.63) is 23.8 Å². The summed E-state index contributed by atoms with van der Waals surface area (Å²) in [5, 5.41) is 6.37. The quantitative estimate of drug-likeness (QED) is 0.887. The van der Waals surface area contributed by atoms with Crippen LogP contribution in [0.15, 0.2) is 18.2 Å². The largest absolute Gasteiger partial charge is 0.377 e. The minimum absolute atomic E-state index is 0.118. The Labute approximate surface area is 121 Å². The van der Waals surface area contributed by atoms with E-state index >= 15 is 0 Å². The predicted octanol–water partition coefficient (Wildman–Crippen LogP) is 2.39. The number of hydrogen-bond acceptors (Lipinski definition) is 3. The van der Waals surface area contributed by atoms with E-state index in [-0.39, 0.29) is 5.91 Å². The van der Waals surface area contributed by atoms with Crippen LogP contribution < -0.4 is 15.5 Å². The zero-order chi connectivity index (χ0) is 14.5. The van der Waals surface area contributed by atoms with Crippen LogP contribution in [0.1, 0.15) is 24.8 Å². The third kappa shape index (κ3) is 3.97. The van der Waals surface area contributed by atoms with E-state index in [1.165, 1.54) is 12.0 Å². The molecule has 1 amide bonds. The van der Waals surface area contributed by atoms with Crippen molar-refractivity contribution in [3.63, 3.8) is 0 Å². The Hall–Kier alpha value is -1.55. The van der Waals surface area contributed by atoms with Crippen LogP contribution in [0.2, 0.25) is 0 Å². The molecule has 0 bridgehead atoms. The molecular formula is C16H25N3O. The van der Waals surface area contributed by atoms with Gasteiger partial charge in [-0.15, -0.1) is 0 Å². The van der Waals surface area contributed by atoms with Crippen molar-refractivity contribution in [2.75, 3.05) is 37.4 Å². The summed E-state index contributed by atoms with van der Waals surface area (Å²) in [4.78, 5) is 14.2. The second-order valence-electron chi connectivity index (χ2n) is 5.86. The predicted molar refractivity (Wildman–Crippen MR) is 84.3 cm³/mol. The highest BCUT2D eigenvalue weighted by atomic mass is 16.1. The molecule has 110 valence electrons. The highest BCUT2D eigenvalue weighted by molar-refractivity contribution is 5.91. The molecule has 1 saturated heterocycles. The summed E-state index contributed by atoms with van der Waals surface area (Å²) >= 11 is 0. The maximum Gasteiger partial charge on any atom is 0.224 e. The minimum Gasteiger partial charge on any atom is -0.377 e. The number of anilines is 2. The summed E-state index contributed by atoms with van der Waals surface area (Å²) in [6.45, 7) is 4.13. The van der Waals surface area contributed by atoms with Crippen LogP contribution in [0, 0.1) is 12.8 Å². The van der Waals surface area contributed by atoms with Gasteiger partial charge in [0.2, 0.25) is 5.91 Å². The first-order valence-electron chi connectivity index (χ1n) is 7.35. The number of nitrogens with one attached hydrogen (secondary N) is 2. The van der Waals surface area contributed by atoms with E-state index in [0.717, 1.165) is 30.9 Å². The van der Waals surface area contributed by atoms with Gasteiger partial charge in [0.15, 0.2) is 0 Å². The molecule has 1 atom stereocenters. The van der Waals surface area contributed by atoms with Crippen LogP contribution in [0.5, 0.6) is 0 Å². The van der Waals surface area contributed by atoms with E-state index in [2.05, 4.69) is 22.5 Å². The molecule has 1 heterocycles. The molecule has 1 unspecified atom stereocenters. The Bertz CT molecular complexity index is 465. The lowest BCUT2D eigenvalue weighted by Crippen LogP contribution is -2.32. The molecule has 1 fully saturated rings. The molecule has 20 heavy (non-hydrogen) atoms. The van der Waals surface area contributed by atoms with E-state index in [0.29, 0.717) is 12.3 Å². The zero-order valence-corrected chi connectivity index (χ0v) is 12.7. The monoisotopic (exact) mass is 275 g/mol. The van der Waals surface area contributed by atoms with Crippen molar-refractivity contribution >= 4 is 17.3 Å². The average molecular weight is 275 g/mol. The van der Waals surface area contributed by atoms with Crippen LogP contribution in [0.4, 0.5) is 11.4 Å². The summed E-state index contributed by atoms with van der Waals surface area (Å²) in [6.07, 6.45) is 2.93. The third-order valence-corrected chi connectivity index (χ3v) is 3.85. The van der Waals surface area contributed by atoms with Gasteiger partial charge < -0.3 is 15.5 Å². The molecule has 0 spiro atoms. The first-order chi connectivity index (χ1) is 9.56. The molecule has 0 radical (unpaired) electrons. The van der Waals surface area contributed by atoms with Crippen LogP contribution >= 0.6 is 0 Å². The van der Waals surface area contributed by atoms with Crippen molar-refractivity contribution in [3.8, 4) is 0 Å². The van der Waals surface area contributed by atoms with Gasteiger partial charge in [0.05, 0.1) is 0 Å². The number of rotatable bonds is 4. The highest BCUT2D eigenvalue weighted by Crippen LogP contribution is 2.23. The second-order valence-corrected chi connectivity index (χ2v) is 5.86. The normalized spacial score (nSPS) is 18.6. The molecule has 0 aromatic heterocycles. The van der Waals surface area contributed by atoms with Crippen LogP contribution in [0.3, 0.4) is 0 Å². The van der Waals surface area contributed by atoms with E-state index in [1.54, 1.807) is 0 Å². The molecule has 1 aromatic carbocycles. The molecule has 4 heteroatoms. The van der Waals surface area contributed by atoms with Crippen molar-refractivity contribution in [2.45, 2.75) is 26.2 Å². The summed E-state index contributed by atoms with van der Waals surface area (Å²) in [5.41, 5.74) is 3.24. The second kappa shape index (κ2) is 6.75. The molecule has 1 aromatic rings. The molecule has 1 aliphatic heterocycles. The van der Waals surface area contributed by atoms with Gasteiger partial charge in [0, 0.05) is 31.9 Å². The molecular weight excluding hydrogens is 250 g/mol. The lowest BCUT2D eigenvalue weighted by Gasteiger charge is -2.22. The minimum atomic E-state index is 0.118. The number of aryl methyl sites for hydroxylation is 1. The topological polar surface area (TPSA) is 44.4 Å². The van der Waals surface area contributed by atoms with Crippen LogP contribution in [-0.4, -0.2) is 33.1 Å². The Balaban J connectivity index is 1.95. The summed E-state index contributed by atoms with van der Waals surface area (Å²) in [6, 6.07) is 6.05. The van der Waals surface area contributed by atoms with Crippen molar-refractivity contribution in [1.82, 2.24) is 5.32 Å². The van der Waals surface area contributed by atoms with Gasteiger partial charge in [-0.2, -0.15) is 0 Å². The Morgan fingerprint density at radius 2 is 2.25 bits per heavy atom. The Kier molecular flexibility index (Phi) is 5.01. The summed E-state index contributed by atoms with van der Waals surface area (Å²) in [7, 11) is 4.03. The number of hydrogen-bond donors (Lipinski definition) is 2. The van der Waals surface area contributed by atoms with Crippen molar-refractivity contribution < 1.29 is 4.79 Å². The number of amides is 1.